The smallest absolute Gasteiger partial charge is 0.433 e. The van der Waals surface area contributed by atoms with Crippen LogP contribution in [-0.2, 0) is 12.7 Å². The maximum absolute atomic E-state index is 13.3. The van der Waals surface area contributed by atoms with E-state index in [1.807, 2.05) is 54.6 Å². The van der Waals surface area contributed by atoms with Crippen LogP contribution in [-0.4, -0.2) is 29.5 Å². The van der Waals surface area contributed by atoms with Crippen LogP contribution in [0.1, 0.15) is 11.4 Å². The van der Waals surface area contributed by atoms with Crippen LogP contribution >= 0.6 is 0 Å². The first-order valence-electron chi connectivity index (χ1n) is 10.5. The Morgan fingerprint density at radius 1 is 0.943 bits per heavy atom. The average Bonchev–Trinajstić information content (AvgIpc) is 3.56. The highest BCUT2D eigenvalue weighted by Crippen LogP contribution is 2.30. The molecular formula is C24H18F3N7O. The van der Waals surface area contributed by atoms with E-state index in [4.69, 9.17) is 4.74 Å². The lowest BCUT2D eigenvalue weighted by Crippen LogP contribution is -2.12. The number of aromatic nitrogens is 6. The highest BCUT2D eigenvalue weighted by molar-refractivity contribution is 5.50. The number of nitrogens with zero attached hydrogens (tertiary/aromatic N) is 6. The molecule has 3 aromatic heterocycles. The molecule has 2 aromatic carbocycles. The van der Waals surface area contributed by atoms with Crippen molar-refractivity contribution >= 4 is 5.69 Å². The molecule has 0 aliphatic carbocycles. The fourth-order valence-corrected chi connectivity index (χ4v) is 3.28. The standard InChI is InChI=1S/C24H18F3N7O/c25-24(26,27)22-12-17(13-23(30-22)33-11-10-28-16-33)29-14-18-15-34(32-31-18)19-6-8-21(9-7-19)35-20-4-2-1-3-5-20/h1-13,15-16H,14H2,(H,29,30). The lowest BCUT2D eigenvalue weighted by Gasteiger charge is -2.12. The lowest BCUT2D eigenvalue weighted by molar-refractivity contribution is -0.141. The molecule has 35 heavy (non-hydrogen) atoms. The van der Waals surface area contributed by atoms with Gasteiger partial charge in [0.1, 0.15) is 35.0 Å². The summed E-state index contributed by atoms with van der Waals surface area (Å²) in [6, 6.07) is 19.2. The fourth-order valence-electron chi connectivity index (χ4n) is 3.28. The van der Waals surface area contributed by atoms with E-state index in [0.717, 1.165) is 17.5 Å². The molecule has 0 spiro atoms. The zero-order valence-electron chi connectivity index (χ0n) is 18.1. The third kappa shape index (κ3) is 5.29. The summed E-state index contributed by atoms with van der Waals surface area (Å²) in [5.41, 5.74) is 0.541. The van der Waals surface area contributed by atoms with Gasteiger partial charge in [-0.3, -0.25) is 4.57 Å². The van der Waals surface area contributed by atoms with Crippen LogP contribution in [0.4, 0.5) is 18.9 Å². The Bertz CT molecular complexity index is 1400. The van der Waals surface area contributed by atoms with Gasteiger partial charge in [-0.05, 0) is 42.5 Å². The van der Waals surface area contributed by atoms with Crippen molar-refractivity contribution in [3.8, 4) is 23.0 Å². The third-order valence-corrected chi connectivity index (χ3v) is 4.97. The minimum absolute atomic E-state index is 0.0984. The van der Waals surface area contributed by atoms with E-state index in [2.05, 4.69) is 25.6 Å². The summed E-state index contributed by atoms with van der Waals surface area (Å²) >= 11 is 0. The molecule has 1 N–H and O–H groups in total. The minimum Gasteiger partial charge on any atom is -0.457 e. The summed E-state index contributed by atoms with van der Waals surface area (Å²) < 4.78 is 48.8. The molecule has 0 aliphatic rings. The molecule has 0 fully saturated rings. The largest absolute Gasteiger partial charge is 0.457 e. The van der Waals surface area contributed by atoms with E-state index < -0.39 is 11.9 Å². The van der Waals surface area contributed by atoms with Crippen molar-refractivity contribution in [1.82, 2.24) is 29.5 Å². The Hall–Kier alpha value is -4.67. The quantitative estimate of drug-likeness (QED) is 0.344. The first-order chi connectivity index (χ1) is 16.9. The number of rotatable bonds is 7. The summed E-state index contributed by atoms with van der Waals surface area (Å²) in [5.74, 6) is 1.51. The lowest BCUT2D eigenvalue weighted by atomic mass is 10.2. The molecule has 0 unspecified atom stereocenters. The van der Waals surface area contributed by atoms with Gasteiger partial charge in [0, 0.05) is 24.1 Å². The van der Waals surface area contributed by atoms with E-state index in [1.165, 1.54) is 29.4 Å². The van der Waals surface area contributed by atoms with Gasteiger partial charge in [-0.1, -0.05) is 23.4 Å². The van der Waals surface area contributed by atoms with Gasteiger partial charge in [0.05, 0.1) is 18.4 Å². The predicted octanol–water partition coefficient (Wildman–Crippen LogP) is 5.27. The molecule has 0 aliphatic heterocycles. The molecule has 0 saturated carbocycles. The van der Waals surface area contributed by atoms with Crippen LogP contribution in [0.15, 0.2) is 91.6 Å². The van der Waals surface area contributed by atoms with Crippen LogP contribution in [0.3, 0.4) is 0 Å². The number of imidazole rings is 1. The Kier molecular flexibility index (Phi) is 5.88. The SMILES string of the molecule is FC(F)(F)c1cc(NCc2cn(-c3ccc(Oc4ccccc4)cc3)nn2)cc(-n2ccnc2)n1. The number of hydrogen-bond acceptors (Lipinski definition) is 6. The molecule has 0 saturated heterocycles. The van der Waals surface area contributed by atoms with E-state index >= 15 is 0 Å². The average molecular weight is 477 g/mol. The Morgan fingerprint density at radius 2 is 1.71 bits per heavy atom. The first-order valence-corrected chi connectivity index (χ1v) is 10.5. The maximum atomic E-state index is 13.3. The fraction of sp³-hybridized carbons (Fsp3) is 0.0833. The van der Waals surface area contributed by atoms with Gasteiger partial charge < -0.3 is 10.1 Å². The molecule has 0 atom stereocenters. The van der Waals surface area contributed by atoms with Gasteiger partial charge in [-0.25, -0.2) is 14.6 Å². The van der Waals surface area contributed by atoms with Crippen molar-refractivity contribution < 1.29 is 17.9 Å². The molecule has 5 aromatic rings. The van der Waals surface area contributed by atoms with Gasteiger partial charge in [-0.15, -0.1) is 5.10 Å². The zero-order chi connectivity index (χ0) is 24.3. The molecule has 3 heterocycles. The topological polar surface area (TPSA) is 82.7 Å². The molecule has 0 radical (unpaired) electrons. The highest BCUT2D eigenvalue weighted by Gasteiger charge is 2.33. The van der Waals surface area contributed by atoms with Gasteiger partial charge in [-0.2, -0.15) is 13.2 Å². The second-order valence-corrected chi connectivity index (χ2v) is 7.48. The molecule has 0 amide bonds. The summed E-state index contributed by atoms with van der Waals surface area (Å²) in [6.45, 7) is 0.167. The number of alkyl halides is 3. The second kappa shape index (κ2) is 9.29. The number of hydrogen-bond donors (Lipinski definition) is 1. The second-order valence-electron chi connectivity index (χ2n) is 7.48. The van der Waals surface area contributed by atoms with Crippen molar-refractivity contribution in [1.29, 1.82) is 0 Å². The Balaban J connectivity index is 1.28. The monoisotopic (exact) mass is 477 g/mol. The summed E-state index contributed by atoms with van der Waals surface area (Å²) in [5, 5.41) is 11.2. The zero-order valence-corrected chi connectivity index (χ0v) is 18.1. The van der Waals surface area contributed by atoms with Crippen LogP contribution in [0, 0.1) is 0 Å². The van der Waals surface area contributed by atoms with Crippen LogP contribution < -0.4 is 10.1 Å². The third-order valence-electron chi connectivity index (χ3n) is 4.97. The number of pyridine rings is 1. The summed E-state index contributed by atoms with van der Waals surface area (Å²) in [4.78, 5) is 7.56. The van der Waals surface area contributed by atoms with Crippen molar-refractivity contribution in [3.63, 3.8) is 0 Å². The van der Waals surface area contributed by atoms with Crippen molar-refractivity contribution in [2.45, 2.75) is 12.7 Å². The molecule has 5 rings (SSSR count). The Labute approximate surface area is 197 Å². The summed E-state index contributed by atoms with van der Waals surface area (Å²) in [6.07, 6.45) is 1.48. The number of halogens is 3. The predicted molar refractivity (Wildman–Crippen MR) is 122 cm³/mol. The molecule has 11 heteroatoms. The molecule has 0 bridgehead atoms. The number of para-hydroxylation sites is 1. The van der Waals surface area contributed by atoms with Crippen LogP contribution in [0.25, 0.3) is 11.5 Å². The number of anilines is 1. The van der Waals surface area contributed by atoms with Crippen LogP contribution in [0.5, 0.6) is 11.5 Å². The van der Waals surface area contributed by atoms with Gasteiger partial charge >= 0.3 is 6.18 Å². The first kappa shape index (κ1) is 22.1. The van der Waals surface area contributed by atoms with Gasteiger partial charge in [0.2, 0.25) is 0 Å². The van der Waals surface area contributed by atoms with Gasteiger partial charge in [0.25, 0.3) is 0 Å². The van der Waals surface area contributed by atoms with Gasteiger partial charge in [0.15, 0.2) is 0 Å². The Morgan fingerprint density at radius 3 is 2.43 bits per heavy atom. The number of benzene rings is 2. The van der Waals surface area contributed by atoms with Crippen LogP contribution in [0.2, 0.25) is 0 Å². The normalized spacial score (nSPS) is 11.4. The van der Waals surface area contributed by atoms with Crippen molar-refractivity contribution in [3.05, 3.63) is 103 Å². The molecule has 176 valence electrons. The van der Waals surface area contributed by atoms with E-state index in [9.17, 15) is 13.2 Å². The van der Waals surface area contributed by atoms with E-state index in [-0.39, 0.29) is 18.1 Å². The number of nitrogens with one attached hydrogen (secondary N) is 1. The molecular weight excluding hydrogens is 459 g/mol. The van der Waals surface area contributed by atoms with Crippen molar-refractivity contribution in [2.24, 2.45) is 0 Å². The maximum Gasteiger partial charge on any atom is 0.433 e. The van der Waals surface area contributed by atoms with E-state index in [0.29, 0.717) is 11.4 Å². The highest BCUT2D eigenvalue weighted by atomic mass is 19.4. The number of ether oxygens (including phenoxy) is 1. The van der Waals surface area contributed by atoms with Crippen molar-refractivity contribution in [2.75, 3.05) is 5.32 Å². The van der Waals surface area contributed by atoms with E-state index in [1.54, 1.807) is 10.9 Å². The summed E-state index contributed by atoms with van der Waals surface area (Å²) in [7, 11) is 0. The minimum atomic E-state index is -4.59. The molecule has 8 nitrogen and oxygen atoms in total.